The lowest BCUT2D eigenvalue weighted by Gasteiger charge is -2.14. The summed E-state index contributed by atoms with van der Waals surface area (Å²) in [6.07, 6.45) is 0. The largest absolute Gasteiger partial charge is 0.241 e. The molecule has 0 unspecified atom stereocenters. The van der Waals surface area contributed by atoms with Gasteiger partial charge in [-0.15, -0.1) is 0 Å². The summed E-state index contributed by atoms with van der Waals surface area (Å²) in [4.78, 5) is -0.0820. The maximum absolute atomic E-state index is 13.1. The van der Waals surface area contributed by atoms with E-state index in [0.29, 0.717) is 0 Å². The van der Waals surface area contributed by atoms with Crippen LogP contribution < -0.4 is 4.72 Å². The molecule has 0 aliphatic carbocycles. The maximum Gasteiger partial charge on any atom is 0.241 e. The molecule has 6 heteroatoms. The Balaban J connectivity index is 2.22. The molecular formula is C14H13BrFNO2S. The van der Waals surface area contributed by atoms with Crippen LogP contribution in [0.15, 0.2) is 57.9 Å². The Morgan fingerprint density at radius 3 is 2.40 bits per heavy atom. The highest BCUT2D eigenvalue weighted by Crippen LogP contribution is 2.19. The number of hydrogen-bond donors (Lipinski definition) is 1. The predicted octanol–water partition coefficient (Wildman–Crippen LogP) is 3.63. The second-order valence-electron chi connectivity index (χ2n) is 4.35. The van der Waals surface area contributed by atoms with E-state index < -0.39 is 21.9 Å². The normalized spacial score (nSPS) is 13.2. The van der Waals surface area contributed by atoms with Crippen LogP contribution >= 0.6 is 15.9 Å². The summed E-state index contributed by atoms with van der Waals surface area (Å²) in [5, 5.41) is 0. The Kier molecular flexibility index (Phi) is 4.57. The van der Waals surface area contributed by atoms with Gasteiger partial charge in [0.1, 0.15) is 5.82 Å². The number of rotatable bonds is 4. The number of hydrogen-bond acceptors (Lipinski definition) is 2. The Hall–Kier alpha value is -1.24. The topological polar surface area (TPSA) is 46.2 Å². The van der Waals surface area contributed by atoms with Gasteiger partial charge in [-0.3, -0.25) is 0 Å². The standard InChI is InChI=1S/C14H13BrFNO2S/c1-10(11-5-7-12(15)8-6-11)17-20(18,19)14-4-2-3-13(16)9-14/h2-10,17H,1H3/t10-/m1/s1. The molecule has 0 bridgehead atoms. The van der Waals surface area contributed by atoms with Gasteiger partial charge in [-0.2, -0.15) is 0 Å². The summed E-state index contributed by atoms with van der Waals surface area (Å²) in [7, 11) is -3.74. The van der Waals surface area contributed by atoms with Gasteiger partial charge in [0.15, 0.2) is 0 Å². The van der Waals surface area contributed by atoms with Crippen molar-refractivity contribution in [3.05, 3.63) is 64.4 Å². The lowest BCUT2D eigenvalue weighted by atomic mass is 10.1. The number of halogens is 2. The molecule has 0 aliphatic rings. The van der Waals surface area contributed by atoms with Gasteiger partial charge in [0.05, 0.1) is 4.90 Å². The van der Waals surface area contributed by atoms with Crippen LogP contribution in [0.4, 0.5) is 4.39 Å². The average Bonchev–Trinajstić information content (AvgIpc) is 2.39. The van der Waals surface area contributed by atoms with Gasteiger partial charge >= 0.3 is 0 Å². The molecule has 2 rings (SSSR count). The Morgan fingerprint density at radius 1 is 1.15 bits per heavy atom. The first-order chi connectivity index (χ1) is 9.38. The minimum absolute atomic E-state index is 0.0820. The zero-order valence-electron chi connectivity index (χ0n) is 10.7. The fourth-order valence-corrected chi connectivity index (χ4v) is 3.28. The molecule has 2 aromatic carbocycles. The second kappa shape index (κ2) is 6.03. The predicted molar refractivity (Wildman–Crippen MR) is 79.3 cm³/mol. The molecule has 1 atom stereocenters. The first kappa shape index (κ1) is 15.2. The van der Waals surface area contributed by atoms with Crippen LogP contribution in [0.25, 0.3) is 0 Å². The summed E-state index contributed by atoms with van der Waals surface area (Å²) in [5.41, 5.74) is 0.827. The molecule has 0 fully saturated rings. The monoisotopic (exact) mass is 357 g/mol. The maximum atomic E-state index is 13.1. The van der Waals surface area contributed by atoms with Crippen molar-refractivity contribution in [2.24, 2.45) is 0 Å². The van der Waals surface area contributed by atoms with Crippen LogP contribution in [0.5, 0.6) is 0 Å². The van der Waals surface area contributed by atoms with Crippen molar-refractivity contribution in [2.75, 3.05) is 0 Å². The van der Waals surface area contributed by atoms with E-state index in [1.807, 2.05) is 24.3 Å². The first-order valence-electron chi connectivity index (χ1n) is 5.92. The second-order valence-corrected chi connectivity index (χ2v) is 6.98. The lowest BCUT2D eigenvalue weighted by Crippen LogP contribution is -2.26. The minimum Gasteiger partial charge on any atom is -0.207 e. The van der Waals surface area contributed by atoms with Crippen LogP contribution in [0.1, 0.15) is 18.5 Å². The van der Waals surface area contributed by atoms with Crippen molar-refractivity contribution in [3.63, 3.8) is 0 Å². The molecule has 0 heterocycles. The van der Waals surface area contributed by atoms with Crippen LogP contribution in [0, 0.1) is 5.82 Å². The first-order valence-corrected chi connectivity index (χ1v) is 8.19. The van der Waals surface area contributed by atoms with Crippen LogP contribution in [-0.4, -0.2) is 8.42 Å². The summed E-state index contributed by atoms with van der Waals surface area (Å²) in [6, 6.07) is 11.8. The van der Waals surface area contributed by atoms with Gasteiger partial charge < -0.3 is 0 Å². The van der Waals surface area contributed by atoms with Crippen LogP contribution in [0.2, 0.25) is 0 Å². The quantitative estimate of drug-likeness (QED) is 0.907. The van der Waals surface area contributed by atoms with Gasteiger partial charge in [-0.05, 0) is 42.8 Å². The smallest absolute Gasteiger partial charge is 0.207 e. The Labute approximate surface area is 126 Å². The third kappa shape index (κ3) is 3.65. The third-order valence-electron chi connectivity index (χ3n) is 2.81. The molecule has 106 valence electrons. The fraction of sp³-hybridized carbons (Fsp3) is 0.143. The van der Waals surface area contributed by atoms with Gasteiger partial charge in [0.25, 0.3) is 0 Å². The van der Waals surface area contributed by atoms with Crippen molar-refractivity contribution in [1.29, 1.82) is 0 Å². The SMILES string of the molecule is C[C@@H](NS(=O)(=O)c1cccc(F)c1)c1ccc(Br)cc1. The molecule has 0 amide bonds. The van der Waals surface area contributed by atoms with E-state index >= 15 is 0 Å². The van der Waals surface area contributed by atoms with E-state index in [1.165, 1.54) is 18.2 Å². The molecule has 20 heavy (non-hydrogen) atoms. The van der Waals surface area contributed by atoms with E-state index in [4.69, 9.17) is 0 Å². The number of benzene rings is 2. The molecule has 0 spiro atoms. The van der Waals surface area contributed by atoms with Crippen LogP contribution in [-0.2, 0) is 10.0 Å². The summed E-state index contributed by atoms with van der Waals surface area (Å²) >= 11 is 3.32. The highest BCUT2D eigenvalue weighted by molar-refractivity contribution is 9.10. The summed E-state index contributed by atoms with van der Waals surface area (Å²) in [5.74, 6) is -0.579. The van der Waals surface area contributed by atoms with Crippen molar-refractivity contribution in [2.45, 2.75) is 17.9 Å². The van der Waals surface area contributed by atoms with Gasteiger partial charge in [-0.25, -0.2) is 17.5 Å². The van der Waals surface area contributed by atoms with Gasteiger partial charge in [0, 0.05) is 10.5 Å². The molecule has 2 aromatic rings. The van der Waals surface area contributed by atoms with E-state index in [1.54, 1.807) is 6.92 Å². The molecule has 1 N–H and O–H groups in total. The Bertz CT molecular complexity index is 701. The fourth-order valence-electron chi connectivity index (χ4n) is 1.75. The molecule has 3 nitrogen and oxygen atoms in total. The van der Waals surface area contributed by atoms with Crippen molar-refractivity contribution >= 4 is 26.0 Å². The van der Waals surface area contributed by atoms with Crippen molar-refractivity contribution in [1.82, 2.24) is 4.72 Å². The molecule has 0 radical (unpaired) electrons. The highest BCUT2D eigenvalue weighted by atomic mass is 79.9. The lowest BCUT2D eigenvalue weighted by molar-refractivity contribution is 0.564. The van der Waals surface area contributed by atoms with Gasteiger partial charge in [-0.1, -0.05) is 34.1 Å². The zero-order chi connectivity index (χ0) is 14.8. The van der Waals surface area contributed by atoms with Crippen molar-refractivity contribution < 1.29 is 12.8 Å². The number of sulfonamides is 1. The van der Waals surface area contributed by atoms with E-state index in [9.17, 15) is 12.8 Å². The Morgan fingerprint density at radius 2 is 1.80 bits per heavy atom. The molecule has 0 saturated carbocycles. The minimum atomic E-state index is -3.74. The van der Waals surface area contributed by atoms with Crippen molar-refractivity contribution in [3.8, 4) is 0 Å². The molecule has 0 aromatic heterocycles. The third-order valence-corrected chi connectivity index (χ3v) is 4.88. The van der Waals surface area contributed by atoms with E-state index in [-0.39, 0.29) is 4.90 Å². The molecule has 0 saturated heterocycles. The summed E-state index contributed by atoms with van der Waals surface area (Å²) in [6.45, 7) is 1.74. The van der Waals surface area contributed by atoms with Crippen LogP contribution in [0.3, 0.4) is 0 Å². The van der Waals surface area contributed by atoms with Gasteiger partial charge in [0.2, 0.25) is 10.0 Å². The molecule has 0 aliphatic heterocycles. The zero-order valence-corrected chi connectivity index (χ0v) is 13.1. The van der Waals surface area contributed by atoms with E-state index in [0.717, 1.165) is 16.1 Å². The molecular weight excluding hydrogens is 345 g/mol. The number of nitrogens with one attached hydrogen (secondary N) is 1. The van der Waals surface area contributed by atoms with E-state index in [2.05, 4.69) is 20.7 Å². The highest BCUT2D eigenvalue weighted by Gasteiger charge is 2.18. The summed E-state index contributed by atoms with van der Waals surface area (Å²) < 4.78 is 40.8. The average molecular weight is 358 g/mol.